The van der Waals surface area contributed by atoms with Crippen LogP contribution in [0.15, 0.2) is 21.5 Å². The topological polar surface area (TPSA) is 63.7 Å². The molecular formula is C11H10BrClFNO4S2. The zero-order valence-electron chi connectivity index (χ0n) is 10.7. The van der Waals surface area contributed by atoms with E-state index in [1.807, 2.05) is 0 Å². The first-order valence-corrected chi connectivity index (χ1v) is 9.37. The number of benzene rings is 1. The Labute approximate surface area is 139 Å². The quantitative estimate of drug-likeness (QED) is 0.706. The molecule has 0 aliphatic carbocycles. The van der Waals surface area contributed by atoms with Gasteiger partial charge in [0.25, 0.3) is 0 Å². The van der Waals surface area contributed by atoms with Crippen LogP contribution in [-0.2, 0) is 19.6 Å². The lowest BCUT2D eigenvalue weighted by molar-refractivity contribution is -0.143. The molecule has 0 bridgehead atoms. The van der Waals surface area contributed by atoms with Gasteiger partial charge in [-0.1, -0.05) is 11.6 Å². The molecule has 1 heterocycles. The molecule has 1 aromatic rings. The summed E-state index contributed by atoms with van der Waals surface area (Å²) in [5.41, 5.74) is 0. The molecular weight excluding hydrogens is 409 g/mol. The third kappa shape index (κ3) is 3.21. The first-order valence-electron chi connectivity index (χ1n) is 5.61. The predicted molar refractivity (Wildman–Crippen MR) is 81.3 cm³/mol. The highest BCUT2D eigenvalue weighted by molar-refractivity contribution is 9.10. The lowest BCUT2D eigenvalue weighted by Gasteiger charge is -2.22. The van der Waals surface area contributed by atoms with Crippen LogP contribution < -0.4 is 0 Å². The molecule has 0 aromatic heterocycles. The molecule has 0 N–H and O–H groups in total. The van der Waals surface area contributed by atoms with E-state index in [2.05, 4.69) is 20.7 Å². The second-order valence-electron chi connectivity index (χ2n) is 4.13. The fourth-order valence-corrected chi connectivity index (χ4v) is 6.76. The van der Waals surface area contributed by atoms with Crippen molar-refractivity contribution in [3.05, 3.63) is 27.4 Å². The zero-order valence-corrected chi connectivity index (χ0v) is 14.7. The molecule has 1 fully saturated rings. The number of thioether (sulfide) groups is 1. The fourth-order valence-electron chi connectivity index (χ4n) is 1.88. The van der Waals surface area contributed by atoms with Crippen LogP contribution in [0.3, 0.4) is 0 Å². The Kier molecular flexibility index (Phi) is 5.19. The van der Waals surface area contributed by atoms with Crippen molar-refractivity contribution in [2.45, 2.75) is 10.9 Å². The van der Waals surface area contributed by atoms with Crippen LogP contribution in [0.4, 0.5) is 4.39 Å². The molecule has 2 rings (SSSR count). The SMILES string of the molecule is COC(=O)[C@H]1CSCN1S(=O)(=O)c1c(Cl)cc(F)cc1Br. The van der Waals surface area contributed by atoms with Gasteiger partial charge in [-0.25, -0.2) is 12.8 Å². The Morgan fingerprint density at radius 3 is 2.81 bits per heavy atom. The third-order valence-corrected chi connectivity index (χ3v) is 7.28. The van der Waals surface area contributed by atoms with Crippen LogP contribution >= 0.6 is 39.3 Å². The Morgan fingerprint density at radius 2 is 2.24 bits per heavy atom. The number of hydrogen-bond acceptors (Lipinski definition) is 5. The Balaban J connectivity index is 2.50. The summed E-state index contributed by atoms with van der Waals surface area (Å²) < 4.78 is 44.2. The molecule has 1 aromatic carbocycles. The summed E-state index contributed by atoms with van der Waals surface area (Å²) in [4.78, 5) is 11.4. The van der Waals surface area contributed by atoms with Crippen molar-refractivity contribution in [3.8, 4) is 0 Å². The molecule has 21 heavy (non-hydrogen) atoms. The molecule has 5 nitrogen and oxygen atoms in total. The number of carbonyl (C=O) groups excluding carboxylic acids is 1. The van der Waals surface area contributed by atoms with Crippen LogP contribution in [0.1, 0.15) is 0 Å². The maximum atomic E-state index is 13.2. The van der Waals surface area contributed by atoms with Crippen LogP contribution in [0.2, 0.25) is 5.02 Å². The number of nitrogens with zero attached hydrogens (tertiary/aromatic N) is 1. The van der Waals surface area contributed by atoms with Gasteiger partial charge in [0, 0.05) is 10.2 Å². The largest absolute Gasteiger partial charge is 0.468 e. The average molecular weight is 419 g/mol. The number of hydrogen-bond donors (Lipinski definition) is 0. The standard InChI is InChI=1S/C11H10BrClFNO4S2/c1-19-11(16)9-4-20-5-15(9)21(17,18)10-7(12)2-6(14)3-8(10)13/h2-3,9H,4-5H2,1H3/t9-/m1/s1. The predicted octanol–water partition coefficient (Wildman–Crippen LogP) is 2.48. The molecule has 1 atom stereocenters. The van der Waals surface area contributed by atoms with Crippen molar-refractivity contribution in [1.29, 1.82) is 0 Å². The minimum absolute atomic E-state index is 0.00742. The number of halogens is 3. The second kappa shape index (κ2) is 6.41. The van der Waals surface area contributed by atoms with E-state index in [0.717, 1.165) is 16.4 Å². The Hall–Kier alpha value is -0.350. The van der Waals surface area contributed by atoms with Gasteiger partial charge in [-0.15, -0.1) is 11.8 Å². The monoisotopic (exact) mass is 417 g/mol. The van der Waals surface area contributed by atoms with Crippen LogP contribution in [0, 0.1) is 5.82 Å². The normalized spacial score (nSPS) is 19.7. The lowest BCUT2D eigenvalue weighted by Crippen LogP contribution is -2.42. The van der Waals surface area contributed by atoms with Gasteiger partial charge in [0.2, 0.25) is 10.0 Å². The van der Waals surface area contributed by atoms with Gasteiger partial charge in [-0.3, -0.25) is 4.79 Å². The van der Waals surface area contributed by atoms with Crippen LogP contribution in [0.5, 0.6) is 0 Å². The highest BCUT2D eigenvalue weighted by Crippen LogP contribution is 2.36. The van der Waals surface area contributed by atoms with Crippen LogP contribution in [-0.4, -0.2) is 43.5 Å². The highest BCUT2D eigenvalue weighted by atomic mass is 79.9. The van der Waals surface area contributed by atoms with E-state index in [-0.39, 0.29) is 20.3 Å². The number of esters is 1. The van der Waals surface area contributed by atoms with Gasteiger partial charge in [-0.05, 0) is 28.1 Å². The molecule has 1 saturated heterocycles. The molecule has 0 spiro atoms. The smallest absolute Gasteiger partial charge is 0.325 e. The number of methoxy groups -OCH3 is 1. The summed E-state index contributed by atoms with van der Waals surface area (Å²) in [5.74, 6) is -0.908. The average Bonchev–Trinajstić information content (AvgIpc) is 2.86. The minimum atomic E-state index is -4.05. The van der Waals surface area contributed by atoms with E-state index in [1.165, 1.54) is 18.9 Å². The van der Waals surface area contributed by atoms with Crippen molar-refractivity contribution < 1.29 is 22.3 Å². The summed E-state index contributed by atoms with van der Waals surface area (Å²) in [7, 11) is -2.86. The highest BCUT2D eigenvalue weighted by Gasteiger charge is 2.42. The molecule has 0 radical (unpaired) electrons. The molecule has 10 heteroatoms. The van der Waals surface area contributed by atoms with Crippen molar-refractivity contribution in [2.24, 2.45) is 0 Å². The van der Waals surface area contributed by atoms with E-state index < -0.39 is 27.9 Å². The number of sulfonamides is 1. The molecule has 116 valence electrons. The Bertz CT molecular complexity index is 662. The van der Waals surface area contributed by atoms with Gasteiger partial charge < -0.3 is 4.74 Å². The van der Waals surface area contributed by atoms with E-state index >= 15 is 0 Å². The fraction of sp³-hybridized carbons (Fsp3) is 0.364. The first-order chi connectivity index (χ1) is 9.78. The molecule has 0 unspecified atom stereocenters. The second-order valence-corrected chi connectivity index (χ2v) is 8.22. The van der Waals surface area contributed by atoms with Gasteiger partial charge in [0.05, 0.1) is 18.0 Å². The van der Waals surface area contributed by atoms with E-state index in [1.54, 1.807) is 0 Å². The lowest BCUT2D eigenvalue weighted by atomic mass is 10.3. The summed E-state index contributed by atoms with van der Waals surface area (Å²) in [6.45, 7) is 0. The number of carbonyl (C=O) groups is 1. The van der Waals surface area contributed by atoms with Crippen molar-refractivity contribution in [3.63, 3.8) is 0 Å². The van der Waals surface area contributed by atoms with Crippen molar-refractivity contribution in [1.82, 2.24) is 4.31 Å². The van der Waals surface area contributed by atoms with Gasteiger partial charge >= 0.3 is 5.97 Å². The molecule has 1 aliphatic rings. The minimum Gasteiger partial charge on any atom is -0.468 e. The van der Waals surface area contributed by atoms with Crippen LogP contribution in [0.25, 0.3) is 0 Å². The van der Waals surface area contributed by atoms with Gasteiger partial charge in [0.15, 0.2) is 0 Å². The first kappa shape index (κ1) is 17.0. The van der Waals surface area contributed by atoms with E-state index in [0.29, 0.717) is 5.75 Å². The van der Waals surface area contributed by atoms with Crippen molar-refractivity contribution in [2.75, 3.05) is 18.7 Å². The number of rotatable bonds is 3. The molecule has 1 aliphatic heterocycles. The summed E-state index contributed by atoms with van der Waals surface area (Å²) in [5, 5.41) is -0.248. The molecule has 0 amide bonds. The van der Waals surface area contributed by atoms with Crippen molar-refractivity contribution >= 4 is 55.3 Å². The maximum Gasteiger partial charge on any atom is 0.325 e. The maximum absolute atomic E-state index is 13.2. The Morgan fingerprint density at radius 1 is 1.57 bits per heavy atom. The van der Waals surface area contributed by atoms with Gasteiger partial charge in [-0.2, -0.15) is 4.31 Å². The van der Waals surface area contributed by atoms with Gasteiger partial charge in [0.1, 0.15) is 16.8 Å². The zero-order chi connectivity index (χ0) is 15.8. The summed E-state index contributed by atoms with van der Waals surface area (Å²) >= 11 is 10.1. The third-order valence-electron chi connectivity index (χ3n) is 2.84. The van der Waals surface area contributed by atoms with E-state index in [4.69, 9.17) is 11.6 Å². The summed E-state index contributed by atoms with van der Waals surface area (Å²) in [6.07, 6.45) is 0. The number of ether oxygens (including phenoxy) is 1. The molecule has 0 saturated carbocycles. The van der Waals surface area contributed by atoms with E-state index in [9.17, 15) is 17.6 Å². The summed E-state index contributed by atoms with van der Waals surface area (Å²) in [6, 6.07) is 1.00.